The van der Waals surface area contributed by atoms with Crippen molar-refractivity contribution in [1.29, 1.82) is 0 Å². The summed E-state index contributed by atoms with van der Waals surface area (Å²) in [4.78, 5) is 14.7. The van der Waals surface area contributed by atoms with Gasteiger partial charge in [0.25, 0.3) is 5.91 Å². The summed E-state index contributed by atoms with van der Waals surface area (Å²) in [6.07, 6.45) is -4.04. The molecule has 2 N–H and O–H groups in total. The molecule has 1 heterocycles. The van der Waals surface area contributed by atoms with Gasteiger partial charge in [0.15, 0.2) is 12.1 Å². The molecule has 19 heavy (non-hydrogen) atoms. The van der Waals surface area contributed by atoms with Gasteiger partial charge >= 0.3 is 6.18 Å². The van der Waals surface area contributed by atoms with Gasteiger partial charge < -0.3 is 10.4 Å². The lowest BCUT2D eigenvalue weighted by atomic mass is 10.1. The van der Waals surface area contributed by atoms with Crippen LogP contribution in [0.1, 0.15) is 0 Å². The Bertz CT molecular complexity index is 542. The Balaban J connectivity index is 2.72. The number of aliphatic hydroxyl groups is 1. The first-order valence-electron chi connectivity index (χ1n) is 4.92. The number of aliphatic imine (C=N–C) groups is 1. The number of carbonyl (C=O) groups excluding carboxylic acids is 1. The average molecular weight is 298 g/mol. The van der Waals surface area contributed by atoms with E-state index in [4.69, 9.17) is 5.11 Å². The number of allylic oxidation sites excluding steroid dienone is 1. The van der Waals surface area contributed by atoms with Crippen molar-refractivity contribution in [3.05, 3.63) is 12.2 Å². The second-order valence-electron chi connectivity index (χ2n) is 3.50. The van der Waals surface area contributed by atoms with E-state index in [9.17, 15) is 26.4 Å². The minimum Gasteiger partial charge on any atom is -0.382 e. The van der Waals surface area contributed by atoms with Crippen molar-refractivity contribution >= 4 is 27.3 Å². The molecule has 2 atom stereocenters. The van der Waals surface area contributed by atoms with E-state index in [1.54, 1.807) is 5.32 Å². The maximum atomic E-state index is 12.0. The van der Waals surface area contributed by atoms with E-state index in [0.717, 1.165) is 12.3 Å². The highest BCUT2D eigenvalue weighted by Gasteiger charge is 2.38. The lowest BCUT2D eigenvalue weighted by molar-refractivity contribution is -0.201. The number of carbonyl (C=O) groups is 1. The molecule has 1 rings (SSSR count). The number of hydrogen-bond donors (Lipinski definition) is 2. The summed E-state index contributed by atoms with van der Waals surface area (Å²) in [5.41, 5.74) is 0. The molecule has 0 aliphatic carbocycles. The van der Waals surface area contributed by atoms with E-state index in [1.165, 1.54) is 6.08 Å². The van der Waals surface area contributed by atoms with Gasteiger partial charge in [-0.25, -0.2) is 0 Å². The monoisotopic (exact) mass is 298 g/mol. The Labute approximate surface area is 107 Å². The van der Waals surface area contributed by atoms with Crippen molar-refractivity contribution in [2.75, 3.05) is 6.54 Å². The van der Waals surface area contributed by atoms with Crippen LogP contribution in [0, 0.1) is 0 Å². The number of halogens is 3. The number of aliphatic hydroxyl groups excluding tert-OH is 1. The predicted octanol–water partition coefficient (Wildman–Crippen LogP) is -0.913. The Morgan fingerprint density at radius 1 is 1.53 bits per heavy atom. The highest BCUT2D eigenvalue weighted by molar-refractivity contribution is 7.73. The molecule has 0 radical (unpaired) electrons. The van der Waals surface area contributed by atoms with Crippen LogP contribution in [0.2, 0.25) is 0 Å². The maximum Gasteiger partial charge on any atom is 0.416 e. The predicted molar refractivity (Wildman–Crippen MR) is 60.4 cm³/mol. The standard InChI is InChI=1S/C9H9F3N2O4S/c10-9(11,12)6(15)4-14-8(16)7-5(19(17)18)2-1-3-13-7/h1-3,6-7,15H,4H2,(H,14,16). The molecule has 1 amide bonds. The van der Waals surface area contributed by atoms with Crippen molar-refractivity contribution in [3.63, 3.8) is 0 Å². The summed E-state index contributed by atoms with van der Waals surface area (Å²) < 4.78 is 57.6. The van der Waals surface area contributed by atoms with Gasteiger partial charge in [0.1, 0.15) is 4.86 Å². The Morgan fingerprint density at radius 2 is 2.16 bits per heavy atom. The van der Waals surface area contributed by atoms with Crippen LogP contribution in [-0.2, 0) is 15.1 Å². The van der Waals surface area contributed by atoms with Crippen LogP contribution in [0.4, 0.5) is 13.2 Å². The number of alkyl halides is 3. The molecule has 0 spiro atoms. The largest absolute Gasteiger partial charge is 0.416 e. The van der Waals surface area contributed by atoms with Crippen molar-refractivity contribution < 1.29 is 31.5 Å². The van der Waals surface area contributed by atoms with Crippen LogP contribution in [-0.4, -0.2) is 55.4 Å². The Hall–Kier alpha value is -1.68. The molecule has 0 bridgehead atoms. The zero-order valence-corrected chi connectivity index (χ0v) is 10.1. The summed E-state index contributed by atoms with van der Waals surface area (Å²) in [7, 11) is -2.71. The van der Waals surface area contributed by atoms with Crippen LogP contribution >= 0.6 is 0 Å². The number of rotatable bonds is 3. The second kappa shape index (κ2) is 5.97. The third-order valence-electron chi connectivity index (χ3n) is 2.14. The molecule has 106 valence electrons. The third kappa shape index (κ3) is 4.17. The average Bonchev–Trinajstić information content (AvgIpc) is 2.34. The molecule has 0 aromatic heterocycles. The van der Waals surface area contributed by atoms with Crippen LogP contribution in [0.25, 0.3) is 0 Å². The first-order chi connectivity index (χ1) is 8.73. The zero-order chi connectivity index (χ0) is 14.6. The Kier molecular flexibility index (Phi) is 4.84. The van der Waals surface area contributed by atoms with E-state index in [2.05, 4.69) is 4.99 Å². The SMILES string of the molecule is O=C(NCC(O)C(F)(F)F)C1N=CC=CC1=S(=O)=O. The molecule has 0 aromatic carbocycles. The van der Waals surface area contributed by atoms with Crippen molar-refractivity contribution in [2.45, 2.75) is 18.3 Å². The second-order valence-corrected chi connectivity index (χ2v) is 4.44. The summed E-state index contributed by atoms with van der Waals surface area (Å²) >= 11 is 0. The molecular formula is C9H9F3N2O4S. The van der Waals surface area contributed by atoms with Gasteiger partial charge in [-0.1, -0.05) is 0 Å². The van der Waals surface area contributed by atoms with Gasteiger partial charge in [0.2, 0.25) is 10.3 Å². The minimum absolute atomic E-state index is 0.360. The van der Waals surface area contributed by atoms with Gasteiger partial charge in [0, 0.05) is 6.21 Å². The lowest BCUT2D eigenvalue weighted by Gasteiger charge is -2.17. The maximum absolute atomic E-state index is 12.0. The molecule has 0 saturated carbocycles. The number of nitrogens with one attached hydrogen (secondary N) is 1. The number of hydrogen-bond acceptors (Lipinski definition) is 5. The van der Waals surface area contributed by atoms with Crippen LogP contribution in [0.3, 0.4) is 0 Å². The first-order valence-corrected chi connectivity index (χ1v) is 5.99. The van der Waals surface area contributed by atoms with Gasteiger partial charge in [-0.2, -0.15) is 21.6 Å². The van der Waals surface area contributed by atoms with Gasteiger partial charge in [0.05, 0.1) is 6.54 Å². The summed E-state index contributed by atoms with van der Waals surface area (Å²) in [5.74, 6) is -1.04. The topological polar surface area (TPSA) is 95.8 Å². The smallest absolute Gasteiger partial charge is 0.382 e. The summed E-state index contributed by atoms with van der Waals surface area (Å²) in [6, 6.07) is -1.44. The third-order valence-corrected chi connectivity index (χ3v) is 2.88. The molecule has 10 heteroatoms. The van der Waals surface area contributed by atoms with Gasteiger partial charge in [-0.3, -0.25) is 9.79 Å². The van der Waals surface area contributed by atoms with Crippen LogP contribution < -0.4 is 5.32 Å². The fourth-order valence-corrected chi connectivity index (χ4v) is 1.73. The minimum atomic E-state index is -4.86. The van der Waals surface area contributed by atoms with Crippen LogP contribution in [0.5, 0.6) is 0 Å². The number of amides is 1. The van der Waals surface area contributed by atoms with E-state index in [0.29, 0.717) is 0 Å². The van der Waals surface area contributed by atoms with E-state index < -0.39 is 41.1 Å². The fraction of sp³-hybridized carbons (Fsp3) is 0.444. The number of dihydropyridines is 1. The molecule has 6 nitrogen and oxygen atoms in total. The quantitative estimate of drug-likeness (QED) is 0.659. The van der Waals surface area contributed by atoms with Crippen molar-refractivity contribution in [1.82, 2.24) is 5.32 Å². The lowest BCUT2D eigenvalue weighted by Crippen LogP contribution is -2.46. The molecule has 1 aliphatic rings. The van der Waals surface area contributed by atoms with Crippen molar-refractivity contribution in [2.24, 2.45) is 4.99 Å². The van der Waals surface area contributed by atoms with E-state index in [-0.39, 0.29) is 4.86 Å². The zero-order valence-electron chi connectivity index (χ0n) is 9.26. The summed E-state index contributed by atoms with van der Waals surface area (Å²) in [5, 5.41) is 10.5. The highest BCUT2D eigenvalue weighted by atomic mass is 32.2. The van der Waals surface area contributed by atoms with Gasteiger partial charge in [-0.05, 0) is 12.2 Å². The van der Waals surface area contributed by atoms with Crippen LogP contribution in [0.15, 0.2) is 17.1 Å². The molecular weight excluding hydrogens is 289 g/mol. The molecule has 0 fully saturated rings. The fourth-order valence-electron chi connectivity index (χ4n) is 1.19. The highest BCUT2D eigenvalue weighted by Crippen LogP contribution is 2.19. The molecule has 1 aliphatic heterocycles. The molecule has 0 saturated heterocycles. The molecule has 2 unspecified atom stereocenters. The Morgan fingerprint density at radius 3 is 2.68 bits per heavy atom. The summed E-state index contributed by atoms with van der Waals surface area (Å²) in [6.45, 7) is -1.07. The van der Waals surface area contributed by atoms with E-state index >= 15 is 0 Å². The van der Waals surface area contributed by atoms with E-state index in [1.807, 2.05) is 0 Å². The molecule has 0 aromatic rings. The first kappa shape index (κ1) is 15.4. The van der Waals surface area contributed by atoms with Crippen molar-refractivity contribution in [3.8, 4) is 0 Å². The normalized spacial score (nSPS) is 20.2. The number of nitrogens with zero attached hydrogens (tertiary/aromatic N) is 1. The van der Waals surface area contributed by atoms with Gasteiger partial charge in [-0.15, -0.1) is 0 Å².